The molecule has 1 aromatic rings. The molecule has 0 amide bonds. The van der Waals surface area contributed by atoms with Gasteiger partial charge in [0.25, 0.3) is 0 Å². The second-order valence-corrected chi connectivity index (χ2v) is 6.60. The smallest absolute Gasteiger partial charge is 0.246 e. The third-order valence-electron chi connectivity index (χ3n) is 2.80. The van der Waals surface area contributed by atoms with Crippen LogP contribution in [0.3, 0.4) is 0 Å². The van der Waals surface area contributed by atoms with Crippen molar-refractivity contribution in [3.63, 3.8) is 0 Å². The van der Waals surface area contributed by atoms with Crippen molar-refractivity contribution >= 4 is 27.4 Å². The van der Waals surface area contributed by atoms with Crippen LogP contribution in [0.15, 0.2) is 17.2 Å². The molecule has 2 heterocycles. The van der Waals surface area contributed by atoms with Gasteiger partial charge in [-0.05, 0) is 13.0 Å². The number of nitrogens with one attached hydrogen (secondary N) is 1. The summed E-state index contributed by atoms with van der Waals surface area (Å²) in [6, 6.07) is 1.45. The zero-order valence-electron chi connectivity index (χ0n) is 9.93. The van der Waals surface area contributed by atoms with Crippen LogP contribution < -0.4 is 11.1 Å². The van der Waals surface area contributed by atoms with E-state index in [0.717, 1.165) is 0 Å². The number of sulfonamides is 1. The summed E-state index contributed by atoms with van der Waals surface area (Å²) in [5, 5.41) is 3.44. The van der Waals surface area contributed by atoms with Gasteiger partial charge in [0.2, 0.25) is 10.0 Å². The van der Waals surface area contributed by atoms with Crippen molar-refractivity contribution in [3.8, 4) is 0 Å². The highest BCUT2D eigenvalue weighted by Crippen LogP contribution is 2.24. The minimum absolute atomic E-state index is 0.0226. The lowest BCUT2D eigenvalue weighted by Crippen LogP contribution is -2.51. The predicted molar refractivity (Wildman–Crippen MR) is 69.9 cm³/mol. The Morgan fingerprint density at radius 3 is 3.00 bits per heavy atom. The van der Waals surface area contributed by atoms with Crippen LogP contribution in [0.4, 0.5) is 5.82 Å². The van der Waals surface area contributed by atoms with Crippen LogP contribution in [0.25, 0.3) is 0 Å². The number of nitrogens with two attached hydrogens (primary N) is 1. The van der Waals surface area contributed by atoms with Gasteiger partial charge < -0.3 is 11.1 Å². The molecule has 0 radical (unpaired) electrons. The summed E-state index contributed by atoms with van der Waals surface area (Å²) in [4.78, 5) is 3.76. The molecule has 2 rings (SSSR count). The molecule has 0 spiro atoms. The number of aromatic nitrogens is 1. The third-order valence-corrected chi connectivity index (χ3v) is 4.90. The number of halogens is 1. The third kappa shape index (κ3) is 2.59. The molecule has 0 saturated carbocycles. The van der Waals surface area contributed by atoms with Crippen molar-refractivity contribution in [2.24, 2.45) is 0 Å². The Morgan fingerprint density at radius 2 is 2.33 bits per heavy atom. The standard InChI is InChI=1S/C10H15ClN4O2S/c1-7-6-15(3-2-13-7)18(16,17)9-4-8(11)5-14-10(9)12/h4-5,7,13H,2-3,6H2,1H3,(H2,12,14). The van der Waals surface area contributed by atoms with Crippen LogP contribution in [0.5, 0.6) is 0 Å². The van der Waals surface area contributed by atoms with E-state index >= 15 is 0 Å². The molecule has 8 heteroatoms. The van der Waals surface area contributed by atoms with E-state index in [2.05, 4.69) is 10.3 Å². The lowest BCUT2D eigenvalue weighted by Gasteiger charge is -2.31. The number of hydrogen-bond acceptors (Lipinski definition) is 5. The van der Waals surface area contributed by atoms with Crippen LogP contribution in [0.1, 0.15) is 6.92 Å². The summed E-state index contributed by atoms with van der Waals surface area (Å²) < 4.78 is 26.3. The molecular weight excluding hydrogens is 276 g/mol. The second-order valence-electron chi connectivity index (χ2n) is 4.26. The first kappa shape index (κ1) is 13.5. The van der Waals surface area contributed by atoms with Gasteiger partial charge in [-0.1, -0.05) is 11.6 Å². The van der Waals surface area contributed by atoms with Gasteiger partial charge in [0, 0.05) is 31.9 Å². The fourth-order valence-electron chi connectivity index (χ4n) is 1.89. The van der Waals surface area contributed by atoms with E-state index in [4.69, 9.17) is 17.3 Å². The fraction of sp³-hybridized carbons (Fsp3) is 0.500. The van der Waals surface area contributed by atoms with E-state index < -0.39 is 10.0 Å². The van der Waals surface area contributed by atoms with E-state index in [1.54, 1.807) is 0 Å². The minimum atomic E-state index is -3.63. The molecular formula is C10H15ClN4O2S. The molecule has 100 valence electrons. The molecule has 1 atom stereocenters. The highest BCUT2D eigenvalue weighted by Gasteiger charge is 2.30. The first-order valence-corrected chi connectivity index (χ1v) is 7.37. The number of rotatable bonds is 2. The van der Waals surface area contributed by atoms with Gasteiger partial charge >= 0.3 is 0 Å². The number of nitrogen functional groups attached to an aromatic ring is 1. The molecule has 0 bridgehead atoms. The van der Waals surface area contributed by atoms with Gasteiger partial charge in [-0.25, -0.2) is 13.4 Å². The Morgan fingerprint density at radius 1 is 1.61 bits per heavy atom. The molecule has 1 aliphatic heterocycles. The summed E-state index contributed by atoms with van der Waals surface area (Å²) in [5.74, 6) is -0.0226. The van der Waals surface area contributed by atoms with E-state index in [0.29, 0.717) is 19.6 Å². The maximum absolute atomic E-state index is 12.4. The van der Waals surface area contributed by atoms with Gasteiger partial charge in [0.1, 0.15) is 10.7 Å². The SMILES string of the molecule is CC1CN(S(=O)(=O)c2cc(Cl)cnc2N)CCN1. The molecule has 1 fully saturated rings. The average molecular weight is 291 g/mol. The van der Waals surface area contributed by atoms with E-state index in [1.807, 2.05) is 6.92 Å². The minimum Gasteiger partial charge on any atom is -0.383 e. The lowest BCUT2D eigenvalue weighted by atomic mass is 10.3. The van der Waals surface area contributed by atoms with Crippen LogP contribution in [0, 0.1) is 0 Å². The first-order chi connectivity index (χ1) is 8.41. The van der Waals surface area contributed by atoms with Crippen molar-refractivity contribution in [1.29, 1.82) is 0 Å². The predicted octanol–water partition coefficient (Wildman–Crippen LogP) is 0.300. The Kier molecular flexibility index (Phi) is 3.76. The highest BCUT2D eigenvalue weighted by molar-refractivity contribution is 7.89. The van der Waals surface area contributed by atoms with E-state index in [-0.39, 0.29) is 21.8 Å². The monoisotopic (exact) mass is 290 g/mol. The Bertz CT molecular complexity index is 549. The Balaban J connectivity index is 2.38. The van der Waals surface area contributed by atoms with Gasteiger partial charge in [0.15, 0.2) is 0 Å². The van der Waals surface area contributed by atoms with Crippen molar-refractivity contribution in [1.82, 2.24) is 14.6 Å². The molecule has 6 nitrogen and oxygen atoms in total. The summed E-state index contributed by atoms with van der Waals surface area (Å²) >= 11 is 5.78. The van der Waals surface area contributed by atoms with Crippen LogP contribution in [0.2, 0.25) is 5.02 Å². The van der Waals surface area contributed by atoms with Crippen LogP contribution >= 0.6 is 11.6 Å². The normalized spacial score (nSPS) is 22.0. The maximum atomic E-state index is 12.4. The van der Waals surface area contributed by atoms with Crippen molar-refractivity contribution in [2.45, 2.75) is 17.9 Å². The fourth-order valence-corrected chi connectivity index (χ4v) is 3.74. The first-order valence-electron chi connectivity index (χ1n) is 5.56. The number of hydrogen-bond donors (Lipinski definition) is 2. The van der Waals surface area contributed by atoms with Crippen LogP contribution in [-0.2, 0) is 10.0 Å². The quantitative estimate of drug-likeness (QED) is 0.818. The topological polar surface area (TPSA) is 88.3 Å². The molecule has 1 aromatic heterocycles. The second kappa shape index (κ2) is 5.00. The molecule has 1 unspecified atom stereocenters. The number of pyridine rings is 1. The molecule has 1 saturated heterocycles. The Labute approximate surface area is 111 Å². The van der Waals surface area contributed by atoms with E-state index in [1.165, 1.54) is 16.6 Å². The van der Waals surface area contributed by atoms with Gasteiger partial charge in [-0.3, -0.25) is 0 Å². The lowest BCUT2D eigenvalue weighted by molar-refractivity contribution is 0.310. The van der Waals surface area contributed by atoms with Crippen molar-refractivity contribution in [2.75, 3.05) is 25.4 Å². The molecule has 0 aromatic carbocycles. The molecule has 1 aliphatic rings. The zero-order chi connectivity index (χ0) is 13.3. The van der Waals surface area contributed by atoms with Gasteiger partial charge in [0.05, 0.1) is 5.02 Å². The molecule has 3 N–H and O–H groups in total. The maximum Gasteiger partial charge on any atom is 0.246 e. The number of nitrogens with zero attached hydrogens (tertiary/aromatic N) is 2. The summed E-state index contributed by atoms with van der Waals surface area (Å²) in [5.41, 5.74) is 5.63. The zero-order valence-corrected chi connectivity index (χ0v) is 11.5. The van der Waals surface area contributed by atoms with Crippen molar-refractivity contribution < 1.29 is 8.42 Å². The number of piperazine rings is 1. The average Bonchev–Trinajstić information content (AvgIpc) is 2.32. The largest absolute Gasteiger partial charge is 0.383 e. The summed E-state index contributed by atoms with van der Waals surface area (Å²) in [6.45, 7) is 3.38. The van der Waals surface area contributed by atoms with Gasteiger partial charge in [-0.2, -0.15) is 4.31 Å². The van der Waals surface area contributed by atoms with Crippen LogP contribution in [-0.4, -0.2) is 43.4 Å². The highest BCUT2D eigenvalue weighted by atomic mass is 35.5. The summed E-state index contributed by atoms with van der Waals surface area (Å²) in [6.07, 6.45) is 1.33. The van der Waals surface area contributed by atoms with Gasteiger partial charge in [-0.15, -0.1) is 0 Å². The Hall–Kier alpha value is -0.890. The number of anilines is 1. The van der Waals surface area contributed by atoms with E-state index in [9.17, 15) is 8.42 Å². The molecule has 18 heavy (non-hydrogen) atoms. The van der Waals surface area contributed by atoms with Crippen molar-refractivity contribution in [3.05, 3.63) is 17.3 Å². The summed E-state index contributed by atoms with van der Waals surface area (Å²) in [7, 11) is -3.63. The molecule has 0 aliphatic carbocycles.